The van der Waals surface area contributed by atoms with Crippen molar-refractivity contribution in [3.63, 3.8) is 0 Å². The summed E-state index contributed by atoms with van der Waals surface area (Å²) in [4.78, 5) is 9.84. The van der Waals surface area contributed by atoms with Gasteiger partial charge in [-0.2, -0.15) is 0 Å². The van der Waals surface area contributed by atoms with E-state index in [1.807, 2.05) is 12.1 Å². The molecule has 0 amide bonds. The third kappa shape index (κ3) is 5.08. The monoisotopic (exact) mass is 322 g/mol. The fourth-order valence-corrected chi connectivity index (χ4v) is 3.29. The van der Waals surface area contributed by atoms with Gasteiger partial charge in [0.2, 0.25) is 11.6 Å². The minimum absolute atomic E-state index is 0.0956. The van der Waals surface area contributed by atoms with E-state index in [0.29, 0.717) is 11.6 Å². The van der Waals surface area contributed by atoms with Gasteiger partial charge in [0.05, 0.1) is 4.91 Å². The summed E-state index contributed by atoms with van der Waals surface area (Å²) in [6.07, 6.45) is 1.72. The van der Waals surface area contributed by atoms with Crippen LogP contribution in [0.2, 0.25) is 0 Å². The molecule has 0 spiro atoms. The Kier molecular flexibility index (Phi) is 4.73. The number of pyridine rings is 1. The summed E-state index contributed by atoms with van der Waals surface area (Å²) in [6.45, 7) is 13.2. The van der Waals surface area contributed by atoms with Crippen LogP contribution in [0.3, 0.4) is 0 Å². The fourth-order valence-electron chi connectivity index (χ4n) is 1.55. The molecule has 2 rings (SSSR count). The van der Waals surface area contributed by atoms with Crippen molar-refractivity contribution >= 4 is 39.7 Å². The molecular formula is C16H22N2OS2. The Hall–Kier alpha value is -0.940. The first-order valence-electron chi connectivity index (χ1n) is 6.93. The molecule has 0 N–H and O–H groups in total. The van der Waals surface area contributed by atoms with Crippen molar-refractivity contribution in [2.75, 3.05) is 0 Å². The van der Waals surface area contributed by atoms with Crippen LogP contribution in [0.15, 0.2) is 28.2 Å². The van der Waals surface area contributed by atoms with E-state index in [-0.39, 0.29) is 9.49 Å². The SMILES string of the molecule is CC(C)(C)S/C=C(\SC(C)(C)C)c1nc2cccnc2o1. The highest BCUT2D eigenvalue weighted by molar-refractivity contribution is 8.11. The van der Waals surface area contributed by atoms with Crippen LogP contribution in [0.1, 0.15) is 47.4 Å². The summed E-state index contributed by atoms with van der Waals surface area (Å²) < 4.78 is 6.07. The zero-order valence-electron chi connectivity index (χ0n) is 13.4. The van der Waals surface area contributed by atoms with E-state index in [0.717, 1.165) is 10.4 Å². The average Bonchev–Trinajstić information content (AvgIpc) is 2.75. The molecule has 0 unspecified atom stereocenters. The first kappa shape index (κ1) is 16.4. The van der Waals surface area contributed by atoms with Crippen molar-refractivity contribution < 1.29 is 4.42 Å². The molecule has 0 saturated carbocycles. The normalized spacial score (nSPS) is 13.9. The molecular weight excluding hydrogens is 300 g/mol. The third-order valence-electron chi connectivity index (χ3n) is 2.31. The van der Waals surface area contributed by atoms with E-state index in [2.05, 4.69) is 56.9 Å². The first-order chi connectivity index (χ1) is 9.64. The maximum absolute atomic E-state index is 5.82. The van der Waals surface area contributed by atoms with Crippen LogP contribution in [-0.2, 0) is 0 Å². The zero-order valence-corrected chi connectivity index (χ0v) is 15.1. The lowest BCUT2D eigenvalue weighted by molar-refractivity contribution is 0.577. The summed E-state index contributed by atoms with van der Waals surface area (Å²) >= 11 is 3.55. The topological polar surface area (TPSA) is 38.9 Å². The molecule has 0 aliphatic heterocycles. The van der Waals surface area contributed by atoms with E-state index >= 15 is 0 Å². The van der Waals surface area contributed by atoms with Gasteiger partial charge in [0.15, 0.2) is 0 Å². The highest BCUT2D eigenvalue weighted by atomic mass is 32.2. The quantitative estimate of drug-likeness (QED) is 0.737. The Bertz CT molecular complexity index is 615. The van der Waals surface area contributed by atoms with Crippen LogP contribution < -0.4 is 0 Å². The van der Waals surface area contributed by atoms with Gasteiger partial charge in [-0.15, -0.1) is 23.5 Å². The Labute approximate surface area is 135 Å². The standard InChI is InChI=1S/C16H22N2OS2/c1-15(2,3)20-10-12(21-16(4,5)6)14-18-11-8-7-9-17-13(11)19-14/h7-10H,1-6H3/b12-10-. The smallest absolute Gasteiger partial charge is 0.247 e. The predicted octanol–water partition coefficient (Wildman–Crippen LogP) is 5.58. The van der Waals surface area contributed by atoms with Gasteiger partial charge in [0.25, 0.3) is 0 Å². The summed E-state index contributed by atoms with van der Waals surface area (Å²) in [5, 5.41) is 2.15. The van der Waals surface area contributed by atoms with Crippen LogP contribution in [-0.4, -0.2) is 19.5 Å². The molecule has 3 nitrogen and oxygen atoms in total. The fraction of sp³-hybridized carbons (Fsp3) is 0.500. The van der Waals surface area contributed by atoms with Gasteiger partial charge in [0, 0.05) is 15.7 Å². The van der Waals surface area contributed by atoms with Crippen molar-refractivity contribution in [1.82, 2.24) is 9.97 Å². The summed E-state index contributed by atoms with van der Waals surface area (Å²) in [6, 6.07) is 3.80. The van der Waals surface area contributed by atoms with Crippen molar-refractivity contribution in [3.05, 3.63) is 29.6 Å². The number of aromatic nitrogens is 2. The second kappa shape index (κ2) is 6.05. The average molecular weight is 322 g/mol. The van der Waals surface area contributed by atoms with Crippen LogP contribution in [0.25, 0.3) is 16.1 Å². The maximum Gasteiger partial charge on any atom is 0.247 e. The summed E-state index contributed by atoms with van der Waals surface area (Å²) in [7, 11) is 0. The van der Waals surface area contributed by atoms with Gasteiger partial charge < -0.3 is 4.42 Å². The molecule has 2 aromatic heterocycles. The van der Waals surface area contributed by atoms with Gasteiger partial charge >= 0.3 is 0 Å². The second-order valence-corrected chi connectivity index (χ2v) is 10.3. The van der Waals surface area contributed by atoms with E-state index in [4.69, 9.17) is 4.42 Å². The minimum Gasteiger partial charge on any atom is -0.417 e. The van der Waals surface area contributed by atoms with E-state index in [9.17, 15) is 0 Å². The number of fused-ring (bicyclic) bond motifs is 1. The van der Waals surface area contributed by atoms with Crippen LogP contribution in [0, 0.1) is 0 Å². The number of hydrogen-bond acceptors (Lipinski definition) is 5. The van der Waals surface area contributed by atoms with Gasteiger partial charge in [-0.05, 0) is 17.5 Å². The minimum atomic E-state index is 0.0956. The molecule has 2 heterocycles. The summed E-state index contributed by atoms with van der Waals surface area (Å²) in [5.74, 6) is 0.653. The van der Waals surface area contributed by atoms with E-state index < -0.39 is 0 Å². The molecule has 0 aromatic carbocycles. The number of thioether (sulfide) groups is 2. The molecule has 2 aromatic rings. The second-order valence-electron chi connectivity index (χ2n) is 6.77. The molecule has 0 aliphatic rings. The van der Waals surface area contributed by atoms with Crippen LogP contribution in [0.4, 0.5) is 0 Å². The molecule has 0 aliphatic carbocycles. The van der Waals surface area contributed by atoms with E-state index in [1.54, 1.807) is 29.7 Å². The van der Waals surface area contributed by atoms with E-state index in [1.165, 1.54) is 0 Å². The predicted molar refractivity (Wildman–Crippen MR) is 94.5 cm³/mol. The first-order valence-corrected chi connectivity index (χ1v) is 8.63. The molecule has 0 atom stereocenters. The van der Waals surface area contributed by atoms with Crippen molar-refractivity contribution in [1.29, 1.82) is 0 Å². The summed E-state index contributed by atoms with van der Waals surface area (Å²) in [5.41, 5.74) is 1.39. The van der Waals surface area contributed by atoms with Crippen LogP contribution >= 0.6 is 23.5 Å². The molecule has 0 saturated heterocycles. The van der Waals surface area contributed by atoms with Crippen molar-refractivity contribution in [2.24, 2.45) is 0 Å². The van der Waals surface area contributed by atoms with Gasteiger partial charge in [-0.3, -0.25) is 0 Å². The maximum atomic E-state index is 5.82. The molecule has 0 fully saturated rings. The molecule has 5 heteroatoms. The highest BCUT2D eigenvalue weighted by Crippen LogP contribution is 2.41. The van der Waals surface area contributed by atoms with Gasteiger partial charge in [0.1, 0.15) is 5.52 Å². The molecule has 114 valence electrons. The van der Waals surface area contributed by atoms with Crippen molar-refractivity contribution in [3.8, 4) is 0 Å². The lowest BCUT2D eigenvalue weighted by Gasteiger charge is -2.20. The third-order valence-corrected chi connectivity index (χ3v) is 4.65. The highest BCUT2D eigenvalue weighted by Gasteiger charge is 2.21. The number of nitrogens with zero attached hydrogens (tertiary/aromatic N) is 2. The Morgan fingerprint density at radius 2 is 1.86 bits per heavy atom. The lowest BCUT2D eigenvalue weighted by atomic mass is 10.3. The van der Waals surface area contributed by atoms with Gasteiger partial charge in [-0.1, -0.05) is 41.5 Å². The molecule has 0 bridgehead atoms. The molecule has 0 radical (unpaired) electrons. The molecule has 21 heavy (non-hydrogen) atoms. The number of oxazole rings is 1. The van der Waals surface area contributed by atoms with Crippen molar-refractivity contribution in [2.45, 2.75) is 51.0 Å². The lowest BCUT2D eigenvalue weighted by Crippen LogP contribution is -2.08. The zero-order chi connectivity index (χ0) is 15.7. The largest absolute Gasteiger partial charge is 0.417 e. The Balaban J connectivity index is 2.38. The van der Waals surface area contributed by atoms with Crippen LogP contribution in [0.5, 0.6) is 0 Å². The number of rotatable bonds is 3. The Morgan fingerprint density at radius 1 is 1.14 bits per heavy atom. The van der Waals surface area contributed by atoms with Gasteiger partial charge in [-0.25, -0.2) is 9.97 Å². The Morgan fingerprint density at radius 3 is 2.43 bits per heavy atom. The number of hydrogen-bond donors (Lipinski definition) is 0.